The van der Waals surface area contributed by atoms with Crippen molar-refractivity contribution >= 4 is 38.2 Å². The summed E-state index contributed by atoms with van der Waals surface area (Å²) in [7, 11) is -3.47. The number of benzene rings is 2. The average molecular weight is 445 g/mol. The van der Waals surface area contributed by atoms with Crippen molar-refractivity contribution < 1.29 is 21.6 Å². The summed E-state index contributed by atoms with van der Waals surface area (Å²) in [5, 5.41) is 0.839. The van der Waals surface area contributed by atoms with Gasteiger partial charge in [-0.2, -0.15) is 13.2 Å². The maximum Gasteiger partial charge on any atom is 0.416 e. The van der Waals surface area contributed by atoms with Crippen LogP contribution >= 0.6 is 11.6 Å². The van der Waals surface area contributed by atoms with E-state index < -0.39 is 21.8 Å². The van der Waals surface area contributed by atoms with E-state index in [0.717, 1.165) is 35.8 Å². The first-order valence-electron chi connectivity index (χ1n) is 8.95. The van der Waals surface area contributed by atoms with Crippen LogP contribution in [0.25, 0.3) is 10.9 Å². The Bertz CT molecular complexity index is 1140. The highest BCUT2D eigenvalue weighted by molar-refractivity contribution is 7.92. The largest absolute Gasteiger partial charge is 0.416 e. The lowest BCUT2D eigenvalue weighted by Crippen LogP contribution is -2.09. The molecule has 0 aliphatic carbocycles. The molecule has 0 aliphatic heterocycles. The summed E-state index contributed by atoms with van der Waals surface area (Å²) in [5.74, 6) is -0.239. The van der Waals surface area contributed by atoms with Crippen molar-refractivity contribution in [2.24, 2.45) is 0 Å². The molecule has 1 atom stereocenters. The third-order valence-electron chi connectivity index (χ3n) is 4.70. The summed E-state index contributed by atoms with van der Waals surface area (Å²) < 4.78 is 64.7. The SMILES string of the molecule is CCCC(c1ccc(C(F)(F)F)cc1Cl)c1c[nH]c2c(NS(C)(=O)=O)cccc12. The zero-order valence-electron chi connectivity index (χ0n) is 15.8. The van der Waals surface area contributed by atoms with Gasteiger partial charge in [0.2, 0.25) is 10.0 Å². The molecule has 1 aromatic heterocycles. The molecule has 0 bridgehead atoms. The Morgan fingerprint density at radius 2 is 1.90 bits per heavy atom. The Balaban J connectivity index is 2.11. The van der Waals surface area contributed by atoms with Crippen LogP contribution < -0.4 is 4.72 Å². The van der Waals surface area contributed by atoms with E-state index in [2.05, 4.69) is 9.71 Å². The molecule has 0 saturated carbocycles. The van der Waals surface area contributed by atoms with Crippen molar-refractivity contribution in [2.45, 2.75) is 31.9 Å². The highest BCUT2D eigenvalue weighted by atomic mass is 35.5. The Hall–Kier alpha value is -2.19. The summed E-state index contributed by atoms with van der Waals surface area (Å²) in [6.07, 6.45) is -0.183. The number of halogens is 4. The maximum absolute atomic E-state index is 13.0. The molecule has 9 heteroatoms. The minimum absolute atomic E-state index is 0.0537. The molecule has 0 saturated heterocycles. The van der Waals surface area contributed by atoms with Crippen LogP contribution in [0.15, 0.2) is 42.6 Å². The third-order valence-corrected chi connectivity index (χ3v) is 5.62. The number of aromatic nitrogens is 1. The summed E-state index contributed by atoms with van der Waals surface area (Å²) in [6, 6.07) is 8.62. The molecule has 0 spiro atoms. The number of H-pyrrole nitrogens is 1. The van der Waals surface area contributed by atoms with Crippen molar-refractivity contribution in [1.29, 1.82) is 0 Å². The molecule has 3 rings (SSSR count). The molecule has 29 heavy (non-hydrogen) atoms. The Labute approximate surface area is 172 Å². The van der Waals surface area contributed by atoms with Gasteiger partial charge >= 0.3 is 6.18 Å². The van der Waals surface area contributed by atoms with E-state index in [1.165, 1.54) is 6.07 Å². The van der Waals surface area contributed by atoms with E-state index in [4.69, 9.17) is 11.6 Å². The second-order valence-corrected chi connectivity index (χ2v) is 9.08. The first-order chi connectivity index (χ1) is 13.5. The van der Waals surface area contributed by atoms with Gasteiger partial charge < -0.3 is 4.98 Å². The molecule has 0 amide bonds. The molecule has 2 N–H and O–H groups in total. The van der Waals surface area contributed by atoms with Gasteiger partial charge in [-0.15, -0.1) is 0 Å². The molecule has 156 valence electrons. The van der Waals surface area contributed by atoms with Gasteiger partial charge in [-0.1, -0.05) is 43.1 Å². The zero-order chi connectivity index (χ0) is 21.4. The van der Waals surface area contributed by atoms with Gasteiger partial charge in [0.05, 0.1) is 23.0 Å². The normalized spacial score (nSPS) is 13.6. The minimum atomic E-state index is -4.46. The van der Waals surface area contributed by atoms with E-state index in [1.807, 2.05) is 13.0 Å². The lowest BCUT2D eigenvalue weighted by atomic mass is 9.87. The van der Waals surface area contributed by atoms with Crippen molar-refractivity contribution in [2.75, 3.05) is 11.0 Å². The molecule has 0 radical (unpaired) electrons. The summed E-state index contributed by atoms with van der Waals surface area (Å²) in [6.45, 7) is 1.98. The Morgan fingerprint density at radius 1 is 1.17 bits per heavy atom. The average Bonchev–Trinajstić information content (AvgIpc) is 3.03. The number of rotatable bonds is 6. The van der Waals surface area contributed by atoms with Crippen LogP contribution in [0.4, 0.5) is 18.9 Å². The lowest BCUT2D eigenvalue weighted by Gasteiger charge is -2.19. The number of fused-ring (bicyclic) bond motifs is 1. The molecular formula is C20H20ClF3N2O2S. The summed E-state index contributed by atoms with van der Waals surface area (Å²) in [5.41, 5.74) is 1.67. The lowest BCUT2D eigenvalue weighted by molar-refractivity contribution is -0.137. The molecule has 0 aliphatic rings. The number of anilines is 1. The number of hydrogen-bond donors (Lipinski definition) is 2. The van der Waals surface area contributed by atoms with E-state index in [9.17, 15) is 21.6 Å². The van der Waals surface area contributed by atoms with Crippen molar-refractivity contribution in [3.05, 3.63) is 64.3 Å². The monoisotopic (exact) mass is 444 g/mol. The molecule has 1 unspecified atom stereocenters. The number of aromatic amines is 1. The molecule has 1 heterocycles. The van der Waals surface area contributed by atoms with Crippen LogP contribution in [0.3, 0.4) is 0 Å². The Morgan fingerprint density at radius 3 is 2.48 bits per heavy atom. The van der Waals surface area contributed by atoms with E-state index in [0.29, 0.717) is 23.2 Å². The standard InChI is InChI=1S/C20H20ClF3N2O2S/c1-3-5-13(14-9-8-12(10-17(14)21)20(22,23)24)16-11-25-19-15(16)6-4-7-18(19)26-29(2,27)28/h4,6-11,13,25-26H,3,5H2,1-2H3. The second-order valence-electron chi connectivity index (χ2n) is 6.92. The first kappa shape index (κ1) is 21.5. The zero-order valence-corrected chi connectivity index (χ0v) is 17.3. The molecule has 2 aromatic carbocycles. The second kappa shape index (κ2) is 7.91. The van der Waals surface area contributed by atoms with Gasteiger partial charge in [0, 0.05) is 22.5 Å². The summed E-state index contributed by atoms with van der Waals surface area (Å²) >= 11 is 6.25. The summed E-state index contributed by atoms with van der Waals surface area (Å²) in [4.78, 5) is 3.09. The number of alkyl halides is 3. The molecule has 0 fully saturated rings. The van der Waals surface area contributed by atoms with E-state index in [1.54, 1.807) is 18.3 Å². The highest BCUT2D eigenvalue weighted by Crippen LogP contribution is 2.41. The predicted octanol–water partition coefficient (Wildman–Crippen LogP) is 6.14. The van der Waals surface area contributed by atoms with Crippen LogP contribution in [-0.2, 0) is 16.2 Å². The predicted molar refractivity (Wildman–Crippen MR) is 110 cm³/mol. The number of nitrogens with one attached hydrogen (secondary N) is 2. The van der Waals surface area contributed by atoms with Gasteiger partial charge in [0.15, 0.2) is 0 Å². The fourth-order valence-corrected chi connectivity index (χ4v) is 4.38. The van der Waals surface area contributed by atoms with Gasteiger partial charge in [-0.25, -0.2) is 8.42 Å². The van der Waals surface area contributed by atoms with E-state index in [-0.39, 0.29) is 10.9 Å². The topological polar surface area (TPSA) is 62.0 Å². The maximum atomic E-state index is 13.0. The van der Waals surface area contributed by atoms with E-state index >= 15 is 0 Å². The van der Waals surface area contributed by atoms with Crippen molar-refractivity contribution in [3.63, 3.8) is 0 Å². The number of sulfonamides is 1. The number of hydrogen-bond acceptors (Lipinski definition) is 2. The van der Waals surface area contributed by atoms with Gasteiger partial charge in [-0.05, 0) is 35.7 Å². The fraction of sp³-hybridized carbons (Fsp3) is 0.300. The minimum Gasteiger partial charge on any atom is -0.359 e. The third kappa shape index (κ3) is 4.70. The molecular weight excluding hydrogens is 425 g/mol. The van der Waals surface area contributed by atoms with Gasteiger partial charge in [0.25, 0.3) is 0 Å². The van der Waals surface area contributed by atoms with Crippen molar-refractivity contribution in [1.82, 2.24) is 4.98 Å². The Kier molecular flexibility index (Phi) is 5.87. The van der Waals surface area contributed by atoms with Gasteiger partial charge in [0.1, 0.15) is 0 Å². The van der Waals surface area contributed by atoms with Gasteiger partial charge in [-0.3, -0.25) is 4.72 Å². The van der Waals surface area contributed by atoms with Crippen molar-refractivity contribution in [3.8, 4) is 0 Å². The van der Waals surface area contributed by atoms with Crippen LogP contribution in [0.2, 0.25) is 5.02 Å². The molecule has 4 nitrogen and oxygen atoms in total. The highest BCUT2D eigenvalue weighted by Gasteiger charge is 2.31. The quantitative estimate of drug-likeness (QED) is 0.479. The van der Waals surface area contributed by atoms with Crippen LogP contribution in [0.1, 0.15) is 42.4 Å². The smallest absolute Gasteiger partial charge is 0.359 e. The fourth-order valence-electron chi connectivity index (χ4n) is 3.50. The van der Waals surface area contributed by atoms with Crippen LogP contribution in [0.5, 0.6) is 0 Å². The van der Waals surface area contributed by atoms with Crippen LogP contribution in [0, 0.1) is 0 Å². The first-order valence-corrected chi connectivity index (χ1v) is 11.2. The van der Waals surface area contributed by atoms with Crippen LogP contribution in [-0.4, -0.2) is 19.7 Å². The molecule has 3 aromatic rings. The number of para-hydroxylation sites is 1.